The van der Waals surface area contributed by atoms with Crippen LogP contribution in [-0.2, 0) is 4.74 Å². The van der Waals surface area contributed by atoms with E-state index in [9.17, 15) is 9.18 Å². The van der Waals surface area contributed by atoms with Crippen molar-refractivity contribution < 1.29 is 18.7 Å². The summed E-state index contributed by atoms with van der Waals surface area (Å²) in [6.07, 6.45) is -0.196. The van der Waals surface area contributed by atoms with E-state index in [4.69, 9.17) is 44.3 Å². The second-order valence-electron chi connectivity index (χ2n) is 5.98. The summed E-state index contributed by atoms with van der Waals surface area (Å²) < 4.78 is 22.6. The smallest absolute Gasteiger partial charge is 0.318 e. The molecule has 2 amide bonds. The van der Waals surface area contributed by atoms with Crippen molar-refractivity contribution in [1.82, 2.24) is 10.2 Å². The Balaban J connectivity index is 2.21. The fourth-order valence-corrected chi connectivity index (χ4v) is 3.32. The van der Waals surface area contributed by atoms with Crippen LogP contribution in [0.5, 0.6) is 5.75 Å². The van der Waals surface area contributed by atoms with Crippen molar-refractivity contribution in [2.45, 2.75) is 35.9 Å². The molecule has 1 aliphatic heterocycles. The monoisotopic (exact) mass is 412 g/mol. The first-order chi connectivity index (χ1) is 11.6. The van der Waals surface area contributed by atoms with Gasteiger partial charge in [0.05, 0.1) is 19.3 Å². The quantitative estimate of drug-likeness (QED) is 0.760. The fourth-order valence-electron chi connectivity index (χ4n) is 2.77. The predicted octanol–water partition coefficient (Wildman–Crippen LogP) is 4.06. The minimum atomic E-state index is -1.86. The SMILES string of the molecule is COc1ccc(C(NC(=O)N2CC(C)OC(C)C2)C(Cl)(Cl)Cl)cc1F. The Morgan fingerprint density at radius 1 is 1.36 bits per heavy atom. The molecule has 0 saturated carbocycles. The van der Waals surface area contributed by atoms with Crippen LogP contribution in [0.1, 0.15) is 25.5 Å². The third-order valence-corrected chi connectivity index (χ3v) is 4.47. The van der Waals surface area contributed by atoms with E-state index in [-0.39, 0.29) is 18.0 Å². The van der Waals surface area contributed by atoms with E-state index in [2.05, 4.69) is 5.32 Å². The van der Waals surface area contributed by atoms with E-state index in [0.29, 0.717) is 18.7 Å². The molecule has 1 aliphatic rings. The number of morpholine rings is 1. The Hall–Kier alpha value is -0.950. The van der Waals surface area contributed by atoms with Crippen molar-refractivity contribution in [1.29, 1.82) is 0 Å². The summed E-state index contributed by atoms with van der Waals surface area (Å²) in [5, 5.41) is 2.68. The van der Waals surface area contributed by atoms with E-state index in [1.165, 1.54) is 19.2 Å². The Morgan fingerprint density at radius 2 is 1.96 bits per heavy atom. The highest BCUT2D eigenvalue weighted by Crippen LogP contribution is 2.40. The molecule has 1 aromatic carbocycles. The maximum Gasteiger partial charge on any atom is 0.318 e. The number of amides is 2. The first kappa shape index (κ1) is 20.4. The van der Waals surface area contributed by atoms with E-state index in [0.717, 1.165) is 0 Å². The number of rotatable bonds is 3. The molecule has 9 heteroatoms. The summed E-state index contributed by atoms with van der Waals surface area (Å²) in [6, 6.07) is 2.70. The summed E-state index contributed by atoms with van der Waals surface area (Å²) in [4.78, 5) is 14.2. The molecule has 1 fully saturated rings. The standard InChI is InChI=1S/C16H20Cl3FN2O3/c1-9-7-22(8-10(2)25-9)15(23)21-14(16(17,18)19)11-4-5-13(24-3)12(20)6-11/h4-6,9-10,14H,7-8H2,1-3H3,(H,21,23). The molecule has 0 aliphatic carbocycles. The third-order valence-electron chi connectivity index (χ3n) is 3.81. The van der Waals surface area contributed by atoms with Crippen LogP contribution in [0.15, 0.2) is 18.2 Å². The molecular formula is C16H20Cl3FN2O3. The van der Waals surface area contributed by atoms with Gasteiger partial charge in [-0.05, 0) is 31.5 Å². The molecule has 0 bridgehead atoms. The zero-order valence-corrected chi connectivity index (χ0v) is 16.3. The summed E-state index contributed by atoms with van der Waals surface area (Å²) >= 11 is 18.1. The van der Waals surface area contributed by atoms with Crippen LogP contribution >= 0.6 is 34.8 Å². The molecule has 1 saturated heterocycles. The average molecular weight is 414 g/mol. The number of urea groups is 1. The van der Waals surface area contributed by atoms with Crippen LogP contribution in [0.2, 0.25) is 0 Å². The highest BCUT2D eigenvalue weighted by Gasteiger charge is 2.37. The van der Waals surface area contributed by atoms with Crippen molar-refractivity contribution in [2.75, 3.05) is 20.2 Å². The highest BCUT2D eigenvalue weighted by atomic mass is 35.6. The lowest BCUT2D eigenvalue weighted by Gasteiger charge is -2.37. The lowest BCUT2D eigenvalue weighted by Crippen LogP contribution is -2.53. The number of hydrogen-bond acceptors (Lipinski definition) is 3. The number of hydrogen-bond donors (Lipinski definition) is 1. The highest BCUT2D eigenvalue weighted by molar-refractivity contribution is 6.68. The molecule has 5 nitrogen and oxygen atoms in total. The first-order valence-electron chi connectivity index (χ1n) is 7.73. The van der Waals surface area contributed by atoms with Crippen LogP contribution < -0.4 is 10.1 Å². The molecule has 3 atom stereocenters. The summed E-state index contributed by atoms with van der Waals surface area (Å²) in [5.74, 6) is -0.545. The van der Waals surface area contributed by atoms with Gasteiger partial charge in [-0.1, -0.05) is 40.9 Å². The van der Waals surface area contributed by atoms with E-state index in [1.54, 1.807) is 11.0 Å². The predicted molar refractivity (Wildman–Crippen MR) is 96.1 cm³/mol. The molecule has 1 aromatic rings. The van der Waals surface area contributed by atoms with Gasteiger partial charge in [-0.15, -0.1) is 0 Å². The maximum absolute atomic E-state index is 14.0. The lowest BCUT2D eigenvalue weighted by atomic mass is 10.1. The molecule has 140 valence electrons. The Bertz CT molecular complexity index is 617. The van der Waals surface area contributed by atoms with E-state index >= 15 is 0 Å². The Kier molecular flexibility index (Phi) is 6.65. The molecule has 0 spiro atoms. The van der Waals surface area contributed by atoms with Gasteiger partial charge in [0, 0.05) is 13.1 Å². The molecule has 1 N–H and O–H groups in total. The van der Waals surface area contributed by atoms with Crippen LogP contribution in [0, 0.1) is 5.82 Å². The summed E-state index contributed by atoms with van der Waals surface area (Å²) in [7, 11) is 1.35. The second kappa shape index (κ2) is 8.16. The lowest BCUT2D eigenvalue weighted by molar-refractivity contribution is -0.0547. The summed E-state index contributed by atoms with van der Waals surface area (Å²) in [5.41, 5.74) is 0.320. The van der Waals surface area contributed by atoms with Gasteiger partial charge in [0.15, 0.2) is 11.6 Å². The maximum atomic E-state index is 14.0. The molecule has 0 radical (unpaired) electrons. The van der Waals surface area contributed by atoms with Crippen LogP contribution in [0.4, 0.5) is 9.18 Å². The van der Waals surface area contributed by atoms with Gasteiger partial charge >= 0.3 is 6.03 Å². The first-order valence-corrected chi connectivity index (χ1v) is 8.86. The molecule has 1 heterocycles. The van der Waals surface area contributed by atoms with Gasteiger partial charge in [-0.2, -0.15) is 0 Å². The normalized spacial score (nSPS) is 22.4. The number of benzene rings is 1. The number of carbonyl (C=O) groups is 1. The molecule has 2 rings (SSSR count). The zero-order chi connectivity index (χ0) is 18.8. The number of methoxy groups -OCH3 is 1. The molecule has 3 unspecified atom stereocenters. The number of nitrogens with one attached hydrogen (secondary N) is 1. The van der Waals surface area contributed by atoms with E-state index in [1.807, 2.05) is 13.8 Å². The molecule has 0 aromatic heterocycles. The van der Waals surface area contributed by atoms with Gasteiger partial charge in [-0.3, -0.25) is 0 Å². The minimum Gasteiger partial charge on any atom is -0.494 e. The largest absolute Gasteiger partial charge is 0.494 e. The van der Waals surface area contributed by atoms with Crippen molar-refractivity contribution in [2.24, 2.45) is 0 Å². The van der Waals surface area contributed by atoms with Crippen LogP contribution in [0.3, 0.4) is 0 Å². The van der Waals surface area contributed by atoms with Gasteiger partial charge in [0.2, 0.25) is 3.79 Å². The van der Waals surface area contributed by atoms with Crippen molar-refractivity contribution >= 4 is 40.8 Å². The Labute approximate surface area is 161 Å². The van der Waals surface area contributed by atoms with Crippen molar-refractivity contribution in [3.63, 3.8) is 0 Å². The van der Waals surface area contributed by atoms with Gasteiger partial charge in [-0.25, -0.2) is 9.18 Å². The third kappa shape index (κ3) is 5.26. The van der Waals surface area contributed by atoms with Crippen LogP contribution in [-0.4, -0.2) is 47.1 Å². The molecular weight excluding hydrogens is 394 g/mol. The fraction of sp³-hybridized carbons (Fsp3) is 0.562. The van der Waals surface area contributed by atoms with E-state index < -0.39 is 21.7 Å². The number of nitrogens with zero attached hydrogens (tertiary/aromatic N) is 1. The molecule has 25 heavy (non-hydrogen) atoms. The summed E-state index contributed by atoms with van der Waals surface area (Å²) in [6.45, 7) is 4.59. The van der Waals surface area contributed by atoms with Crippen molar-refractivity contribution in [3.05, 3.63) is 29.6 Å². The topological polar surface area (TPSA) is 50.8 Å². The number of halogens is 4. The van der Waals surface area contributed by atoms with Gasteiger partial charge in [0.1, 0.15) is 6.04 Å². The second-order valence-corrected chi connectivity index (χ2v) is 8.35. The number of alkyl halides is 3. The van der Waals surface area contributed by atoms with Crippen LogP contribution in [0.25, 0.3) is 0 Å². The minimum absolute atomic E-state index is 0.0639. The Morgan fingerprint density at radius 3 is 2.44 bits per heavy atom. The average Bonchev–Trinajstić information content (AvgIpc) is 2.50. The van der Waals surface area contributed by atoms with Gasteiger partial charge in [0.25, 0.3) is 0 Å². The van der Waals surface area contributed by atoms with Gasteiger partial charge < -0.3 is 19.7 Å². The number of carbonyl (C=O) groups excluding carboxylic acids is 1. The number of ether oxygens (including phenoxy) is 2. The zero-order valence-electron chi connectivity index (χ0n) is 14.1. The van der Waals surface area contributed by atoms with Crippen molar-refractivity contribution in [3.8, 4) is 5.75 Å².